The zero-order valence-corrected chi connectivity index (χ0v) is 7.88. The molecule has 0 atom stereocenters. The normalized spacial score (nSPS) is 13.5. The highest BCUT2D eigenvalue weighted by molar-refractivity contribution is 5.35. The first-order valence-corrected chi connectivity index (χ1v) is 4.88. The Balaban J connectivity index is 0. The van der Waals surface area contributed by atoms with Crippen LogP contribution in [0.4, 0.5) is 0 Å². The van der Waals surface area contributed by atoms with Gasteiger partial charge in [0.2, 0.25) is 0 Å². The molecule has 88 valence electrons. The molecule has 1 saturated carbocycles. The second kappa shape index (κ2) is 6.66. The third-order valence-corrected chi connectivity index (χ3v) is 2.64. The first-order valence-electron chi connectivity index (χ1n) is 4.88. The molecule has 0 bridgehead atoms. The van der Waals surface area contributed by atoms with Crippen LogP contribution in [-0.2, 0) is 0 Å². The standard InChI is InChI=1S/C12H16.3CH4/c1-9(2)11-5-3-4-6-12(11)10-7-8-10;;;/h3-6,9-10H,7-8H2,1-2H3;3*1H4. The average Bonchev–Trinajstić information content (AvgIpc) is 2.87. The van der Waals surface area contributed by atoms with Gasteiger partial charge in [0.25, 0.3) is 0 Å². The minimum Gasteiger partial charge on any atom is -0.0776 e. The molecule has 0 spiro atoms. The third-order valence-electron chi connectivity index (χ3n) is 2.64. The van der Waals surface area contributed by atoms with E-state index in [2.05, 4.69) is 38.1 Å². The molecule has 0 N–H and O–H groups in total. The molecule has 0 saturated heterocycles. The fraction of sp³-hybridized carbons (Fsp3) is 0.600. The fourth-order valence-electron chi connectivity index (χ4n) is 1.80. The zero-order chi connectivity index (χ0) is 8.55. The molecule has 2 rings (SSSR count). The molecule has 1 aromatic carbocycles. The molecule has 0 amide bonds. The lowest BCUT2D eigenvalue weighted by Crippen LogP contribution is -1.93. The molecule has 0 aromatic heterocycles. The summed E-state index contributed by atoms with van der Waals surface area (Å²) < 4.78 is 0. The summed E-state index contributed by atoms with van der Waals surface area (Å²) in [6.45, 7) is 4.56. The van der Waals surface area contributed by atoms with Crippen molar-refractivity contribution in [2.24, 2.45) is 0 Å². The first-order chi connectivity index (χ1) is 5.79. The second-order valence-electron chi connectivity index (χ2n) is 4.06. The van der Waals surface area contributed by atoms with E-state index in [0.29, 0.717) is 5.92 Å². The van der Waals surface area contributed by atoms with Gasteiger partial charge in [-0.2, -0.15) is 0 Å². The van der Waals surface area contributed by atoms with Gasteiger partial charge in [0.15, 0.2) is 0 Å². The summed E-state index contributed by atoms with van der Waals surface area (Å²) in [5.41, 5.74) is 3.16. The van der Waals surface area contributed by atoms with Gasteiger partial charge in [-0.25, -0.2) is 0 Å². The Kier molecular flexibility index (Phi) is 7.39. The average molecular weight is 208 g/mol. The van der Waals surface area contributed by atoms with E-state index in [1.807, 2.05) is 0 Å². The largest absolute Gasteiger partial charge is 0.0776 e. The Hall–Kier alpha value is -0.780. The van der Waals surface area contributed by atoms with Crippen LogP contribution in [0.2, 0.25) is 0 Å². The van der Waals surface area contributed by atoms with E-state index < -0.39 is 0 Å². The van der Waals surface area contributed by atoms with Crippen molar-refractivity contribution in [2.45, 2.75) is 60.8 Å². The lowest BCUT2D eigenvalue weighted by molar-refractivity contribution is 0.842. The van der Waals surface area contributed by atoms with Gasteiger partial charge in [-0.15, -0.1) is 0 Å². The fourth-order valence-corrected chi connectivity index (χ4v) is 1.80. The van der Waals surface area contributed by atoms with Crippen molar-refractivity contribution < 1.29 is 0 Å². The number of rotatable bonds is 2. The maximum absolute atomic E-state index is 2.30. The maximum Gasteiger partial charge on any atom is -0.0159 e. The Morgan fingerprint density at radius 1 is 1.00 bits per heavy atom. The van der Waals surface area contributed by atoms with Crippen LogP contribution in [0.3, 0.4) is 0 Å². The molecular formula is C15H28. The smallest absolute Gasteiger partial charge is 0.0159 e. The topological polar surface area (TPSA) is 0 Å². The van der Waals surface area contributed by atoms with E-state index >= 15 is 0 Å². The SMILES string of the molecule is C.C.C.CC(C)c1ccccc1C1CC1. The molecule has 1 fully saturated rings. The minimum atomic E-state index is 0. The first kappa shape index (κ1) is 16.6. The van der Waals surface area contributed by atoms with Gasteiger partial charge in [0.05, 0.1) is 0 Å². The highest BCUT2D eigenvalue weighted by Gasteiger charge is 2.25. The zero-order valence-electron chi connectivity index (χ0n) is 7.88. The highest BCUT2D eigenvalue weighted by Crippen LogP contribution is 2.42. The van der Waals surface area contributed by atoms with Crippen molar-refractivity contribution in [3.05, 3.63) is 35.4 Å². The summed E-state index contributed by atoms with van der Waals surface area (Å²) in [5, 5.41) is 0. The van der Waals surface area contributed by atoms with E-state index in [0.717, 1.165) is 5.92 Å². The Morgan fingerprint density at radius 3 is 2.00 bits per heavy atom. The molecule has 0 unspecified atom stereocenters. The predicted molar refractivity (Wildman–Crippen MR) is 72.7 cm³/mol. The van der Waals surface area contributed by atoms with Crippen LogP contribution in [0.15, 0.2) is 24.3 Å². The van der Waals surface area contributed by atoms with Gasteiger partial charge in [-0.3, -0.25) is 0 Å². The predicted octanol–water partition coefficient (Wildman–Crippen LogP) is 5.60. The Morgan fingerprint density at radius 2 is 1.53 bits per heavy atom. The highest BCUT2D eigenvalue weighted by atomic mass is 14.3. The molecule has 0 heterocycles. The number of hydrogen-bond acceptors (Lipinski definition) is 0. The molecule has 1 aromatic rings. The molecular weight excluding hydrogens is 180 g/mol. The monoisotopic (exact) mass is 208 g/mol. The van der Waals surface area contributed by atoms with Crippen molar-refractivity contribution in [1.29, 1.82) is 0 Å². The van der Waals surface area contributed by atoms with Crippen LogP contribution in [-0.4, -0.2) is 0 Å². The van der Waals surface area contributed by atoms with Crippen LogP contribution in [0, 0.1) is 0 Å². The van der Waals surface area contributed by atoms with E-state index in [1.165, 1.54) is 12.8 Å². The van der Waals surface area contributed by atoms with Gasteiger partial charge in [-0.05, 0) is 35.8 Å². The van der Waals surface area contributed by atoms with Gasteiger partial charge in [0, 0.05) is 0 Å². The minimum absolute atomic E-state index is 0. The van der Waals surface area contributed by atoms with Crippen molar-refractivity contribution in [1.82, 2.24) is 0 Å². The van der Waals surface area contributed by atoms with Crippen molar-refractivity contribution >= 4 is 0 Å². The van der Waals surface area contributed by atoms with Crippen LogP contribution >= 0.6 is 0 Å². The van der Waals surface area contributed by atoms with Crippen LogP contribution in [0.5, 0.6) is 0 Å². The summed E-state index contributed by atoms with van der Waals surface area (Å²) in [4.78, 5) is 0. The quantitative estimate of drug-likeness (QED) is 0.594. The molecule has 0 radical (unpaired) electrons. The Bertz CT molecular complexity index is 248. The van der Waals surface area contributed by atoms with Crippen molar-refractivity contribution in [3.8, 4) is 0 Å². The van der Waals surface area contributed by atoms with Gasteiger partial charge < -0.3 is 0 Å². The molecule has 0 aliphatic heterocycles. The van der Waals surface area contributed by atoms with Crippen molar-refractivity contribution in [2.75, 3.05) is 0 Å². The maximum atomic E-state index is 2.30. The van der Waals surface area contributed by atoms with Crippen LogP contribution < -0.4 is 0 Å². The molecule has 15 heavy (non-hydrogen) atoms. The van der Waals surface area contributed by atoms with E-state index in [-0.39, 0.29) is 22.3 Å². The molecule has 1 aliphatic carbocycles. The van der Waals surface area contributed by atoms with Gasteiger partial charge >= 0.3 is 0 Å². The lowest BCUT2D eigenvalue weighted by Gasteiger charge is -2.11. The summed E-state index contributed by atoms with van der Waals surface area (Å²) in [6, 6.07) is 8.89. The van der Waals surface area contributed by atoms with Gasteiger partial charge in [0.1, 0.15) is 0 Å². The molecule has 1 aliphatic rings. The van der Waals surface area contributed by atoms with Gasteiger partial charge in [-0.1, -0.05) is 60.4 Å². The Labute approximate surface area is 96.7 Å². The summed E-state index contributed by atoms with van der Waals surface area (Å²) in [6.07, 6.45) is 2.81. The molecule has 0 nitrogen and oxygen atoms in total. The third kappa shape index (κ3) is 3.70. The van der Waals surface area contributed by atoms with Crippen LogP contribution in [0.1, 0.15) is 71.9 Å². The summed E-state index contributed by atoms with van der Waals surface area (Å²) in [7, 11) is 0. The van der Waals surface area contributed by atoms with Crippen molar-refractivity contribution in [3.63, 3.8) is 0 Å². The van der Waals surface area contributed by atoms with E-state index in [4.69, 9.17) is 0 Å². The number of benzene rings is 1. The van der Waals surface area contributed by atoms with Crippen LogP contribution in [0.25, 0.3) is 0 Å². The lowest BCUT2D eigenvalue weighted by atomic mass is 9.95. The summed E-state index contributed by atoms with van der Waals surface area (Å²) in [5.74, 6) is 1.57. The second-order valence-corrected chi connectivity index (χ2v) is 4.06. The summed E-state index contributed by atoms with van der Waals surface area (Å²) >= 11 is 0. The van der Waals surface area contributed by atoms with E-state index in [1.54, 1.807) is 11.1 Å². The molecule has 0 heteroatoms. The van der Waals surface area contributed by atoms with E-state index in [9.17, 15) is 0 Å². The number of hydrogen-bond donors (Lipinski definition) is 0.